The van der Waals surface area contributed by atoms with Crippen molar-refractivity contribution in [2.75, 3.05) is 20.3 Å². The number of pyridine rings is 1. The standard InChI is InChI=1S/C16H18N2O4/c1-18-10-3-4-14(16(18)20)15(19)17-9-11-22-13-7-5-12(21-2)6-8-13/h3-8,10H,9,11H2,1-2H3,(H,17,19). The van der Waals surface area contributed by atoms with E-state index in [0.717, 1.165) is 5.75 Å². The van der Waals surface area contributed by atoms with Crippen molar-refractivity contribution in [2.24, 2.45) is 7.05 Å². The number of carbonyl (C=O) groups is 1. The van der Waals surface area contributed by atoms with Gasteiger partial charge >= 0.3 is 0 Å². The Morgan fingerprint density at radius 1 is 1.18 bits per heavy atom. The van der Waals surface area contributed by atoms with Crippen LogP contribution in [0.1, 0.15) is 10.4 Å². The van der Waals surface area contributed by atoms with Crippen LogP contribution in [-0.4, -0.2) is 30.7 Å². The molecule has 2 rings (SSSR count). The van der Waals surface area contributed by atoms with Gasteiger partial charge in [-0.1, -0.05) is 0 Å². The lowest BCUT2D eigenvalue weighted by Crippen LogP contribution is -2.34. The third kappa shape index (κ3) is 3.88. The Kier molecular flexibility index (Phi) is 5.19. The Hall–Kier alpha value is -2.76. The van der Waals surface area contributed by atoms with Gasteiger partial charge in [0, 0.05) is 13.2 Å². The molecule has 0 aliphatic carbocycles. The van der Waals surface area contributed by atoms with E-state index in [2.05, 4.69) is 5.32 Å². The van der Waals surface area contributed by atoms with Crippen LogP contribution in [0.2, 0.25) is 0 Å². The molecule has 1 heterocycles. The van der Waals surface area contributed by atoms with Crippen molar-refractivity contribution < 1.29 is 14.3 Å². The van der Waals surface area contributed by atoms with Gasteiger partial charge in [-0.15, -0.1) is 0 Å². The quantitative estimate of drug-likeness (QED) is 0.814. The van der Waals surface area contributed by atoms with Crippen molar-refractivity contribution in [1.82, 2.24) is 9.88 Å². The van der Waals surface area contributed by atoms with Gasteiger partial charge in [0.15, 0.2) is 0 Å². The molecular formula is C16H18N2O4. The number of methoxy groups -OCH3 is 1. The number of hydrogen-bond donors (Lipinski definition) is 1. The molecule has 1 aromatic carbocycles. The van der Waals surface area contributed by atoms with Crippen molar-refractivity contribution >= 4 is 5.91 Å². The molecule has 1 amide bonds. The Morgan fingerprint density at radius 2 is 1.86 bits per heavy atom. The number of amides is 1. The predicted octanol–water partition coefficient (Wildman–Crippen LogP) is 1.20. The van der Waals surface area contributed by atoms with Gasteiger partial charge < -0.3 is 19.4 Å². The number of carbonyl (C=O) groups excluding carboxylic acids is 1. The highest BCUT2D eigenvalue weighted by atomic mass is 16.5. The van der Waals surface area contributed by atoms with Gasteiger partial charge in [0.05, 0.1) is 13.7 Å². The number of benzene rings is 1. The number of nitrogens with zero attached hydrogens (tertiary/aromatic N) is 1. The van der Waals surface area contributed by atoms with Gasteiger partial charge in [0.1, 0.15) is 23.7 Å². The molecule has 6 heteroatoms. The van der Waals surface area contributed by atoms with Gasteiger partial charge in [-0.25, -0.2) is 0 Å². The molecule has 0 saturated heterocycles. The summed E-state index contributed by atoms with van der Waals surface area (Å²) in [5.41, 5.74) is -0.203. The maximum absolute atomic E-state index is 11.9. The molecule has 0 atom stereocenters. The van der Waals surface area contributed by atoms with Crippen LogP contribution >= 0.6 is 0 Å². The molecule has 0 aliphatic rings. The zero-order valence-electron chi connectivity index (χ0n) is 12.5. The minimum Gasteiger partial charge on any atom is -0.497 e. The van der Waals surface area contributed by atoms with Crippen LogP contribution in [0.5, 0.6) is 11.5 Å². The predicted molar refractivity (Wildman–Crippen MR) is 82.5 cm³/mol. The molecule has 0 fully saturated rings. The van der Waals surface area contributed by atoms with Gasteiger partial charge in [-0.3, -0.25) is 9.59 Å². The lowest BCUT2D eigenvalue weighted by atomic mass is 10.2. The van der Waals surface area contributed by atoms with E-state index >= 15 is 0 Å². The van der Waals surface area contributed by atoms with E-state index in [1.54, 1.807) is 50.7 Å². The Morgan fingerprint density at radius 3 is 2.55 bits per heavy atom. The monoisotopic (exact) mass is 302 g/mol. The van der Waals surface area contributed by atoms with E-state index in [1.165, 1.54) is 10.6 Å². The van der Waals surface area contributed by atoms with Gasteiger partial charge in [0.2, 0.25) is 0 Å². The highest BCUT2D eigenvalue weighted by molar-refractivity contribution is 5.93. The van der Waals surface area contributed by atoms with E-state index in [1.807, 2.05) is 0 Å². The molecule has 6 nitrogen and oxygen atoms in total. The highest BCUT2D eigenvalue weighted by Crippen LogP contribution is 2.16. The number of aromatic nitrogens is 1. The van der Waals surface area contributed by atoms with Crippen LogP contribution < -0.4 is 20.3 Å². The molecule has 116 valence electrons. The smallest absolute Gasteiger partial charge is 0.263 e. The number of rotatable bonds is 6. The highest BCUT2D eigenvalue weighted by Gasteiger charge is 2.10. The van der Waals surface area contributed by atoms with Crippen LogP contribution in [0.25, 0.3) is 0 Å². The van der Waals surface area contributed by atoms with E-state index < -0.39 is 5.91 Å². The summed E-state index contributed by atoms with van der Waals surface area (Å²) < 4.78 is 11.9. The lowest BCUT2D eigenvalue weighted by Gasteiger charge is -2.08. The average Bonchev–Trinajstić information content (AvgIpc) is 2.54. The first-order chi connectivity index (χ1) is 10.6. The zero-order valence-corrected chi connectivity index (χ0v) is 12.5. The van der Waals surface area contributed by atoms with Crippen LogP contribution in [0.15, 0.2) is 47.4 Å². The first-order valence-corrected chi connectivity index (χ1v) is 6.82. The maximum atomic E-state index is 11.9. The summed E-state index contributed by atoms with van der Waals surface area (Å²) in [6.45, 7) is 0.619. The van der Waals surface area contributed by atoms with Gasteiger partial charge in [0.25, 0.3) is 11.5 Å². The minimum absolute atomic E-state index is 0.120. The molecule has 0 radical (unpaired) electrons. The zero-order chi connectivity index (χ0) is 15.9. The van der Waals surface area contributed by atoms with Crippen molar-refractivity contribution in [2.45, 2.75) is 0 Å². The first-order valence-electron chi connectivity index (χ1n) is 6.82. The first kappa shape index (κ1) is 15.6. The van der Waals surface area contributed by atoms with E-state index in [9.17, 15) is 9.59 Å². The van der Waals surface area contributed by atoms with Crippen molar-refractivity contribution in [3.05, 3.63) is 58.5 Å². The molecule has 22 heavy (non-hydrogen) atoms. The summed E-state index contributed by atoms with van der Waals surface area (Å²) in [6, 6.07) is 10.3. The molecular weight excluding hydrogens is 284 g/mol. The third-order valence-corrected chi connectivity index (χ3v) is 3.08. The molecule has 0 saturated carbocycles. The molecule has 0 unspecified atom stereocenters. The summed E-state index contributed by atoms with van der Waals surface area (Å²) in [4.78, 5) is 23.7. The fraction of sp³-hybridized carbons (Fsp3) is 0.250. The molecule has 0 aliphatic heterocycles. The van der Waals surface area contributed by atoms with Gasteiger partial charge in [-0.2, -0.15) is 0 Å². The SMILES string of the molecule is COc1ccc(OCCNC(=O)c2cccn(C)c2=O)cc1. The normalized spacial score (nSPS) is 10.1. The summed E-state index contributed by atoms with van der Waals surface area (Å²) >= 11 is 0. The van der Waals surface area contributed by atoms with Gasteiger partial charge in [-0.05, 0) is 36.4 Å². The number of aryl methyl sites for hydroxylation is 1. The second-order valence-corrected chi connectivity index (χ2v) is 4.62. The molecule has 2 aromatic rings. The van der Waals surface area contributed by atoms with E-state index in [-0.39, 0.29) is 11.1 Å². The number of hydrogen-bond acceptors (Lipinski definition) is 4. The second-order valence-electron chi connectivity index (χ2n) is 4.62. The molecule has 0 bridgehead atoms. The summed E-state index contributed by atoms with van der Waals surface area (Å²) in [5, 5.41) is 2.66. The summed E-state index contributed by atoms with van der Waals surface area (Å²) in [7, 11) is 3.20. The summed E-state index contributed by atoms with van der Waals surface area (Å²) in [5.74, 6) is 1.03. The summed E-state index contributed by atoms with van der Waals surface area (Å²) in [6.07, 6.45) is 1.60. The Labute approximate surface area is 128 Å². The fourth-order valence-electron chi connectivity index (χ4n) is 1.87. The minimum atomic E-state index is -0.403. The average molecular weight is 302 g/mol. The second kappa shape index (κ2) is 7.31. The number of nitrogens with one attached hydrogen (secondary N) is 1. The maximum Gasteiger partial charge on any atom is 0.263 e. The lowest BCUT2D eigenvalue weighted by molar-refractivity contribution is 0.0945. The van der Waals surface area contributed by atoms with Crippen LogP contribution in [0.4, 0.5) is 0 Å². The van der Waals surface area contributed by atoms with Crippen LogP contribution in [-0.2, 0) is 7.05 Å². The third-order valence-electron chi connectivity index (χ3n) is 3.08. The van der Waals surface area contributed by atoms with E-state index in [0.29, 0.717) is 18.9 Å². The van der Waals surface area contributed by atoms with E-state index in [4.69, 9.17) is 9.47 Å². The number of ether oxygens (including phenoxy) is 2. The molecule has 1 N–H and O–H groups in total. The van der Waals surface area contributed by atoms with Crippen molar-refractivity contribution in [3.63, 3.8) is 0 Å². The fourth-order valence-corrected chi connectivity index (χ4v) is 1.87. The van der Waals surface area contributed by atoms with Crippen molar-refractivity contribution in [1.29, 1.82) is 0 Å². The Bertz CT molecular complexity index is 692. The topological polar surface area (TPSA) is 69.6 Å². The largest absolute Gasteiger partial charge is 0.497 e. The Balaban J connectivity index is 1.82. The van der Waals surface area contributed by atoms with Crippen LogP contribution in [0.3, 0.4) is 0 Å². The van der Waals surface area contributed by atoms with Crippen molar-refractivity contribution in [3.8, 4) is 11.5 Å². The molecule has 1 aromatic heterocycles. The van der Waals surface area contributed by atoms with Crippen LogP contribution in [0, 0.1) is 0 Å². The molecule has 0 spiro atoms.